The van der Waals surface area contributed by atoms with Crippen LogP contribution in [0.25, 0.3) is 0 Å². The van der Waals surface area contributed by atoms with E-state index in [1.807, 2.05) is 26.8 Å². The van der Waals surface area contributed by atoms with Crippen molar-refractivity contribution < 1.29 is 4.79 Å². The van der Waals surface area contributed by atoms with Gasteiger partial charge in [0, 0.05) is 19.3 Å². The highest BCUT2D eigenvalue weighted by molar-refractivity contribution is 6.29. The summed E-state index contributed by atoms with van der Waals surface area (Å²) < 4.78 is 0. The van der Waals surface area contributed by atoms with Crippen LogP contribution in [0.1, 0.15) is 26.3 Å². The lowest BCUT2D eigenvalue weighted by molar-refractivity contribution is -0.134. The molecule has 1 unspecified atom stereocenters. The number of hydrogen-bond acceptors (Lipinski definition) is 3. The Labute approximate surface area is 125 Å². The van der Waals surface area contributed by atoms with E-state index in [-0.39, 0.29) is 24.2 Å². The second kappa shape index (κ2) is 8.35. The van der Waals surface area contributed by atoms with E-state index in [0.29, 0.717) is 18.2 Å². The summed E-state index contributed by atoms with van der Waals surface area (Å²) in [6.07, 6.45) is 1.68. The molecular weight excluding hydrogens is 285 g/mol. The van der Waals surface area contributed by atoms with Gasteiger partial charge in [0.1, 0.15) is 5.15 Å². The van der Waals surface area contributed by atoms with E-state index in [1.54, 1.807) is 17.2 Å². The molecule has 1 atom stereocenters. The van der Waals surface area contributed by atoms with E-state index >= 15 is 0 Å². The molecule has 0 bridgehead atoms. The SMILES string of the molecule is CCN(Cc1ccc(Cl)nc1)C(=O)C(N)C(C)C.Cl. The lowest BCUT2D eigenvalue weighted by Crippen LogP contribution is -2.46. The first-order valence-electron chi connectivity index (χ1n) is 6.10. The third kappa shape index (κ3) is 5.35. The van der Waals surface area contributed by atoms with E-state index in [0.717, 1.165) is 5.56 Å². The van der Waals surface area contributed by atoms with Gasteiger partial charge in [-0.1, -0.05) is 31.5 Å². The van der Waals surface area contributed by atoms with E-state index in [9.17, 15) is 4.79 Å². The minimum Gasteiger partial charge on any atom is -0.337 e. The molecule has 6 heteroatoms. The van der Waals surface area contributed by atoms with Crippen LogP contribution in [0.15, 0.2) is 18.3 Å². The van der Waals surface area contributed by atoms with Gasteiger partial charge in [0.2, 0.25) is 5.91 Å². The maximum Gasteiger partial charge on any atom is 0.240 e. The van der Waals surface area contributed by atoms with E-state index in [4.69, 9.17) is 17.3 Å². The van der Waals surface area contributed by atoms with Gasteiger partial charge in [0.05, 0.1) is 6.04 Å². The summed E-state index contributed by atoms with van der Waals surface area (Å²) in [5.74, 6) is 0.109. The normalized spacial score (nSPS) is 11.9. The standard InChI is InChI=1S/C13H20ClN3O.ClH/c1-4-17(13(18)12(15)9(2)3)8-10-5-6-11(14)16-7-10;/h5-7,9,12H,4,8,15H2,1-3H3;1H. The van der Waals surface area contributed by atoms with Gasteiger partial charge in [-0.2, -0.15) is 0 Å². The smallest absolute Gasteiger partial charge is 0.240 e. The molecule has 1 rings (SSSR count). The second-order valence-electron chi connectivity index (χ2n) is 4.61. The first-order valence-corrected chi connectivity index (χ1v) is 6.48. The third-order valence-corrected chi connectivity index (χ3v) is 3.08. The van der Waals surface area contributed by atoms with Gasteiger partial charge >= 0.3 is 0 Å². The fraction of sp³-hybridized carbons (Fsp3) is 0.538. The molecule has 1 aromatic heterocycles. The van der Waals surface area contributed by atoms with Gasteiger partial charge in [0.15, 0.2) is 0 Å². The third-order valence-electron chi connectivity index (χ3n) is 2.86. The van der Waals surface area contributed by atoms with Crippen molar-refractivity contribution in [2.24, 2.45) is 11.7 Å². The first-order chi connectivity index (χ1) is 8.45. The fourth-order valence-electron chi connectivity index (χ4n) is 1.56. The lowest BCUT2D eigenvalue weighted by Gasteiger charge is -2.26. The van der Waals surface area contributed by atoms with Gasteiger partial charge < -0.3 is 10.6 Å². The largest absolute Gasteiger partial charge is 0.337 e. The summed E-state index contributed by atoms with van der Waals surface area (Å²) in [5, 5.41) is 0.451. The summed E-state index contributed by atoms with van der Waals surface area (Å²) in [7, 11) is 0. The number of carbonyl (C=O) groups is 1. The number of nitrogens with two attached hydrogens (primary N) is 1. The first kappa shape index (κ1) is 18.2. The zero-order valence-corrected chi connectivity index (χ0v) is 13.0. The van der Waals surface area contributed by atoms with Gasteiger partial charge in [0.25, 0.3) is 0 Å². The highest BCUT2D eigenvalue weighted by atomic mass is 35.5. The predicted octanol–water partition coefficient (Wildman–Crippen LogP) is 2.49. The molecular formula is C13H21Cl2N3O. The number of nitrogens with zero attached hydrogens (tertiary/aromatic N) is 2. The molecule has 1 amide bonds. The van der Waals surface area contributed by atoms with Crippen molar-refractivity contribution in [3.05, 3.63) is 29.0 Å². The summed E-state index contributed by atoms with van der Waals surface area (Å²) in [5.41, 5.74) is 6.84. The molecule has 108 valence electrons. The van der Waals surface area contributed by atoms with Crippen molar-refractivity contribution in [1.82, 2.24) is 9.88 Å². The number of rotatable bonds is 5. The molecule has 0 aliphatic rings. The van der Waals surface area contributed by atoms with Crippen molar-refractivity contribution in [1.29, 1.82) is 0 Å². The van der Waals surface area contributed by atoms with Gasteiger partial charge in [-0.3, -0.25) is 4.79 Å². The number of hydrogen-bond donors (Lipinski definition) is 1. The lowest BCUT2D eigenvalue weighted by atomic mass is 10.0. The highest BCUT2D eigenvalue weighted by Gasteiger charge is 2.22. The Morgan fingerprint density at radius 2 is 2.11 bits per heavy atom. The fourth-order valence-corrected chi connectivity index (χ4v) is 1.67. The van der Waals surface area contributed by atoms with Crippen LogP contribution in [-0.2, 0) is 11.3 Å². The van der Waals surface area contributed by atoms with Crippen LogP contribution in [0.3, 0.4) is 0 Å². The van der Waals surface area contributed by atoms with E-state index < -0.39 is 6.04 Å². The van der Waals surface area contributed by atoms with E-state index in [1.165, 1.54) is 0 Å². The molecule has 0 radical (unpaired) electrons. The van der Waals surface area contributed by atoms with Gasteiger partial charge in [-0.15, -0.1) is 12.4 Å². The molecule has 19 heavy (non-hydrogen) atoms. The molecule has 0 saturated heterocycles. The van der Waals surface area contributed by atoms with Crippen LogP contribution in [0.2, 0.25) is 5.15 Å². The number of pyridine rings is 1. The molecule has 1 aromatic rings. The zero-order chi connectivity index (χ0) is 13.7. The number of amides is 1. The van der Waals surface area contributed by atoms with Crippen LogP contribution < -0.4 is 5.73 Å². The number of aromatic nitrogens is 1. The second-order valence-corrected chi connectivity index (χ2v) is 5.00. The highest BCUT2D eigenvalue weighted by Crippen LogP contribution is 2.10. The average molecular weight is 306 g/mol. The summed E-state index contributed by atoms with van der Waals surface area (Å²) in [6.45, 7) is 6.97. The van der Waals surface area contributed by atoms with Crippen LogP contribution >= 0.6 is 24.0 Å². The van der Waals surface area contributed by atoms with Crippen LogP contribution in [0, 0.1) is 5.92 Å². The summed E-state index contributed by atoms with van der Waals surface area (Å²) >= 11 is 5.72. The molecule has 0 aromatic carbocycles. The van der Waals surface area contributed by atoms with E-state index in [2.05, 4.69) is 4.98 Å². The Kier molecular flexibility index (Phi) is 7.99. The predicted molar refractivity (Wildman–Crippen MR) is 80.4 cm³/mol. The maximum atomic E-state index is 12.1. The van der Waals surface area contributed by atoms with Crippen molar-refractivity contribution in [3.8, 4) is 0 Å². The Morgan fingerprint density at radius 3 is 2.53 bits per heavy atom. The zero-order valence-electron chi connectivity index (χ0n) is 11.5. The van der Waals surface area contributed by atoms with Crippen molar-refractivity contribution >= 4 is 29.9 Å². The molecule has 0 saturated carbocycles. The minimum atomic E-state index is -0.454. The maximum absolute atomic E-state index is 12.1. The van der Waals surface area contributed by atoms with Gasteiger partial charge in [-0.25, -0.2) is 4.98 Å². The van der Waals surface area contributed by atoms with Crippen LogP contribution in [0.5, 0.6) is 0 Å². The van der Waals surface area contributed by atoms with Gasteiger partial charge in [-0.05, 0) is 24.5 Å². The quantitative estimate of drug-likeness (QED) is 0.850. The Balaban J connectivity index is 0.00000324. The number of carbonyl (C=O) groups excluding carboxylic acids is 1. The molecule has 0 aliphatic heterocycles. The minimum absolute atomic E-state index is 0. The van der Waals surface area contributed by atoms with Crippen LogP contribution in [0.4, 0.5) is 0 Å². The Hall–Kier alpha value is -0.840. The summed E-state index contributed by atoms with van der Waals surface area (Å²) in [6, 6.07) is 3.13. The average Bonchev–Trinajstić information content (AvgIpc) is 2.36. The Bertz CT molecular complexity index is 395. The van der Waals surface area contributed by atoms with Crippen molar-refractivity contribution in [3.63, 3.8) is 0 Å². The summed E-state index contributed by atoms with van der Waals surface area (Å²) in [4.78, 5) is 17.9. The van der Waals surface area contributed by atoms with Crippen molar-refractivity contribution in [2.75, 3.05) is 6.54 Å². The molecule has 0 spiro atoms. The molecule has 2 N–H and O–H groups in total. The molecule has 4 nitrogen and oxygen atoms in total. The Morgan fingerprint density at radius 1 is 1.47 bits per heavy atom. The molecule has 1 heterocycles. The topological polar surface area (TPSA) is 59.2 Å². The van der Waals surface area contributed by atoms with Crippen LogP contribution in [-0.4, -0.2) is 28.4 Å². The molecule has 0 aliphatic carbocycles. The van der Waals surface area contributed by atoms with Crippen molar-refractivity contribution in [2.45, 2.75) is 33.4 Å². The number of likely N-dealkylation sites (N-methyl/N-ethyl adjacent to an activating group) is 1. The monoisotopic (exact) mass is 305 g/mol. The number of halogens is 2. The molecule has 0 fully saturated rings.